The number of hydrogen-bond donors (Lipinski definition) is 1. The average molecular weight is 639 g/mol. The Morgan fingerprint density at radius 3 is 2.25 bits per heavy atom. The summed E-state index contributed by atoms with van der Waals surface area (Å²) in [6.45, 7) is 5.10. The number of ether oxygens (including phenoxy) is 2. The minimum absolute atomic E-state index is 0.0602. The molecule has 0 aliphatic carbocycles. The summed E-state index contributed by atoms with van der Waals surface area (Å²) in [5, 5.41) is 13.1. The van der Waals surface area contributed by atoms with Gasteiger partial charge in [-0.1, -0.05) is 94.8 Å². The van der Waals surface area contributed by atoms with E-state index in [1.165, 1.54) is 67.7 Å². The van der Waals surface area contributed by atoms with Gasteiger partial charge >= 0.3 is 0 Å². The fraction of sp³-hybridized carbons (Fsp3) is 0.529. The number of benzene rings is 1. The summed E-state index contributed by atoms with van der Waals surface area (Å²) in [5.74, 6) is 1.72. The van der Waals surface area contributed by atoms with E-state index in [1.807, 2.05) is 24.3 Å². The number of carbonyl (C=O) groups is 1. The summed E-state index contributed by atoms with van der Waals surface area (Å²) >= 11 is 6.86. The molecule has 3 rings (SSSR count). The number of nitrogens with one attached hydrogen (secondary N) is 1. The van der Waals surface area contributed by atoms with E-state index in [2.05, 4.69) is 12.2 Å². The Labute approximate surface area is 271 Å². The lowest BCUT2D eigenvalue weighted by Crippen LogP contribution is -2.29. The zero-order valence-electron chi connectivity index (χ0n) is 26.8. The Morgan fingerprint density at radius 1 is 1.00 bits per heavy atom. The van der Waals surface area contributed by atoms with Crippen LogP contribution in [0.2, 0.25) is 0 Å². The van der Waals surface area contributed by atoms with E-state index in [4.69, 9.17) is 21.7 Å². The molecule has 0 unspecified atom stereocenters. The predicted molar refractivity (Wildman–Crippen MR) is 185 cm³/mol. The molecular weight excluding hydrogens is 593 g/mol. The highest BCUT2D eigenvalue weighted by Crippen LogP contribution is 2.35. The van der Waals surface area contributed by atoms with Crippen molar-refractivity contribution in [1.29, 1.82) is 5.26 Å². The number of thiocarbonyl (C=S) groups is 1. The fourth-order valence-electron chi connectivity index (χ4n) is 5.39. The average Bonchev–Trinajstić information content (AvgIpc) is 3.29. The van der Waals surface area contributed by atoms with E-state index in [0.29, 0.717) is 57.2 Å². The number of anilines is 1. The van der Waals surface area contributed by atoms with Crippen molar-refractivity contribution in [2.45, 2.75) is 84.5 Å². The number of nitriles is 1. The molecule has 1 N–H and O–H groups in total. The largest absolute Gasteiger partial charge is 0.493 e. The Bertz CT molecular complexity index is 1440. The van der Waals surface area contributed by atoms with Gasteiger partial charge in [0, 0.05) is 25.7 Å². The number of amides is 1. The van der Waals surface area contributed by atoms with Gasteiger partial charge in [-0.05, 0) is 49.1 Å². The maximum Gasteiger partial charge on any atom is 0.270 e. The zero-order valence-corrected chi connectivity index (χ0v) is 28.4. The number of thioether (sulfide) groups is 1. The monoisotopic (exact) mass is 638 g/mol. The van der Waals surface area contributed by atoms with Crippen molar-refractivity contribution in [3.8, 4) is 17.6 Å². The first kappa shape index (κ1) is 35.2. The van der Waals surface area contributed by atoms with Crippen molar-refractivity contribution in [2.24, 2.45) is 7.05 Å². The minimum atomic E-state index is -0.385. The molecule has 1 amide bonds. The van der Waals surface area contributed by atoms with Crippen LogP contribution in [0.4, 0.5) is 5.82 Å². The zero-order chi connectivity index (χ0) is 32.1. The molecule has 238 valence electrons. The molecule has 0 saturated carbocycles. The maximum atomic E-state index is 13.4. The number of unbranched alkanes of at least 4 members (excludes halogenated alkanes) is 9. The van der Waals surface area contributed by atoms with Gasteiger partial charge < -0.3 is 14.8 Å². The van der Waals surface area contributed by atoms with E-state index in [-0.39, 0.29) is 17.0 Å². The van der Waals surface area contributed by atoms with Crippen molar-refractivity contribution < 1.29 is 14.3 Å². The van der Waals surface area contributed by atoms with Crippen molar-refractivity contribution >= 4 is 46.1 Å². The second-order valence-corrected chi connectivity index (χ2v) is 12.8. The van der Waals surface area contributed by atoms with E-state index >= 15 is 0 Å². The van der Waals surface area contributed by atoms with Crippen LogP contribution in [0.1, 0.15) is 93.4 Å². The summed E-state index contributed by atoms with van der Waals surface area (Å²) in [5.41, 5.74) is 1.87. The lowest BCUT2D eigenvalue weighted by molar-refractivity contribution is -0.122. The van der Waals surface area contributed by atoms with E-state index in [1.54, 1.807) is 39.2 Å². The highest BCUT2D eigenvalue weighted by molar-refractivity contribution is 8.26. The van der Waals surface area contributed by atoms with Crippen LogP contribution in [0.5, 0.6) is 11.5 Å². The molecule has 1 fully saturated rings. The third-order valence-corrected chi connectivity index (χ3v) is 9.42. The van der Waals surface area contributed by atoms with Crippen LogP contribution in [0.3, 0.4) is 0 Å². The smallest absolute Gasteiger partial charge is 0.270 e. The summed E-state index contributed by atoms with van der Waals surface area (Å²) < 4.78 is 12.7. The van der Waals surface area contributed by atoms with Gasteiger partial charge in [-0.3, -0.25) is 19.1 Å². The molecule has 1 aliphatic rings. The molecule has 0 spiro atoms. The van der Waals surface area contributed by atoms with Gasteiger partial charge in [0.05, 0.1) is 19.1 Å². The lowest BCUT2D eigenvalue weighted by Gasteiger charge is -2.18. The highest BCUT2D eigenvalue weighted by Gasteiger charge is 2.32. The van der Waals surface area contributed by atoms with Gasteiger partial charge in [0.15, 0.2) is 11.5 Å². The molecule has 0 radical (unpaired) electrons. The lowest BCUT2D eigenvalue weighted by atomic mass is 10.0. The first-order valence-corrected chi connectivity index (χ1v) is 16.8. The van der Waals surface area contributed by atoms with Gasteiger partial charge in [0.2, 0.25) is 0 Å². The fourth-order valence-corrected chi connectivity index (χ4v) is 6.68. The molecule has 1 aromatic heterocycles. The molecule has 0 atom stereocenters. The number of rotatable bonds is 18. The molecule has 2 heterocycles. The predicted octanol–water partition coefficient (Wildman–Crippen LogP) is 7.36. The molecule has 2 aromatic rings. The number of methoxy groups -OCH3 is 2. The quantitative estimate of drug-likeness (QED) is 0.103. The molecule has 8 nitrogen and oxygen atoms in total. The van der Waals surface area contributed by atoms with E-state index in [0.717, 1.165) is 18.4 Å². The summed E-state index contributed by atoms with van der Waals surface area (Å²) in [4.78, 5) is 28.6. The van der Waals surface area contributed by atoms with E-state index < -0.39 is 0 Å². The van der Waals surface area contributed by atoms with E-state index in [9.17, 15) is 14.9 Å². The number of nitrogens with zero attached hydrogens (tertiary/aromatic N) is 3. The third kappa shape index (κ3) is 9.12. The molecule has 44 heavy (non-hydrogen) atoms. The maximum absolute atomic E-state index is 13.4. The normalized spacial score (nSPS) is 13.9. The summed E-state index contributed by atoms with van der Waals surface area (Å²) in [7, 11) is 4.83. The number of carbonyl (C=O) groups excluding carboxylic acids is 1. The number of aromatic nitrogens is 1. The Hall–Kier alpha value is -3.29. The van der Waals surface area contributed by atoms with Crippen LogP contribution in [0, 0.1) is 18.3 Å². The number of pyridine rings is 1. The summed E-state index contributed by atoms with van der Waals surface area (Å²) in [6, 6.07) is 7.79. The first-order chi connectivity index (χ1) is 21.3. The standard InChI is InChI=1S/C34H46N4O4S2/c1-6-7-8-9-10-11-12-13-14-15-20-38-33(40)30(44-34(38)43)22-26-24(2)27(23-35)32(39)37(3)31(26)36-19-18-25-16-17-28(41-4)29(21-25)42-5/h16-17,21-22,36H,6-15,18-20H2,1-5H3/b30-22+. The molecule has 10 heteroatoms. The minimum Gasteiger partial charge on any atom is -0.493 e. The first-order valence-electron chi connectivity index (χ1n) is 15.6. The molecule has 1 aliphatic heterocycles. The van der Waals surface area contributed by atoms with Crippen molar-refractivity contribution in [3.05, 3.63) is 55.7 Å². The van der Waals surface area contributed by atoms with Gasteiger partial charge in [-0.25, -0.2) is 0 Å². The molecule has 1 saturated heterocycles. The molecule has 0 bridgehead atoms. The Kier molecular flexibility index (Phi) is 14.3. The summed E-state index contributed by atoms with van der Waals surface area (Å²) in [6.07, 6.45) is 14.7. The van der Waals surface area contributed by atoms with Crippen molar-refractivity contribution in [2.75, 3.05) is 32.6 Å². The van der Waals surface area contributed by atoms with Gasteiger partial charge in [0.25, 0.3) is 11.5 Å². The van der Waals surface area contributed by atoms with Crippen LogP contribution in [0.25, 0.3) is 6.08 Å². The highest BCUT2D eigenvalue weighted by atomic mass is 32.2. The van der Waals surface area contributed by atoms with Crippen LogP contribution < -0.4 is 20.3 Å². The Morgan fingerprint density at radius 2 is 1.64 bits per heavy atom. The van der Waals surface area contributed by atoms with Gasteiger partial charge in [-0.15, -0.1) is 0 Å². The van der Waals surface area contributed by atoms with Crippen LogP contribution >= 0.6 is 24.0 Å². The van der Waals surface area contributed by atoms with Gasteiger partial charge in [0.1, 0.15) is 21.8 Å². The molecule has 1 aromatic carbocycles. The Balaban J connectivity index is 1.69. The van der Waals surface area contributed by atoms with Gasteiger partial charge in [-0.2, -0.15) is 5.26 Å². The third-order valence-electron chi connectivity index (χ3n) is 8.04. The second kappa shape index (κ2) is 17.9. The van der Waals surface area contributed by atoms with Crippen LogP contribution in [-0.4, -0.2) is 47.0 Å². The van der Waals surface area contributed by atoms with Crippen molar-refractivity contribution in [3.63, 3.8) is 0 Å². The van der Waals surface area contributed by atoms with Crippen LogP contribution in [0.15, 0.2) is 27.9 Å². The van der Waals surface area contributed by atoms with Crippen molar-refractivity contribution in [1.82, 2.24) is 9.47 Å². The SMILES string of the molecule is CCCCCCCCCCCCN1C(=O)/C(=C\c2c(C)c(C#N)c(=O)n(C)c2NCCc2ccc(OC)c(OC)c2)SC1=S. The molecular formula is C34H46N4O4S2. The topological polar surface area (TPSA) is 96.6 Å². The second-order valence-electron chi connectivity index (χ2n) is 11.1. The van der Waals surface area contributed by atoms with Crippen LogP contribution in [-0.2, 0) is 18.3 Å². The number of hydrogen-bond acceptors (Lipinski definition) is 8.